The first-order valence-corrected chi connectivity index (χ1v) is 7.83. The fourth-order valence-electron chi connectivity index (χ4n) is 3.63. The molecular weight excluding hydrogens is 240 g/mol. The Hall–Kier alpha value is -0.610. The number of nitrogens with one attached hydrogen (secondary N) is 1. The molecule has 0 heterocycles. The van der Waals surface area contributed by atoms with Crippen LogP contribution < -0.4 is 11.1 Å². The second kappa shape index (κ2) is 6.71. The molecule has 0 bridgehead atoms. The highest BCUT2D eigenvalue weighted by atomic mass is 16.3. The van der Waals surface area contributed by atoms with Crippen LogP contribution in [0.2, 0.25) is 0 Å². The standard InChI is InChI=1S/C15H28N2O2/c16-11-15(8-4-1-5-9-15)10-14(19)17-12-6-2-3-7-13(12)18/h12-13,18H,1-11,16H2,(H,17,19)/t12-,13-/m1/s1. The van der Waals surface area contributed by atoms with Crippen LogP contribution in [0.25, 0.3) is 0 Å². The molecule has 0 unspecified atom stereocenters. The van der Waals surface area contributed by atoms with Crippen molar-refractivity contribution in [2.24, 2.45) is 11.1 Å². The predicted octanol–water partition coefficient (Wildman–Crippen LogP) is 1.71. The van der Waals surface area contributed by atoms with Crippen molar-refractivity contribution >= 4 is 5.91 Å². The lowest BCUT2D eigenvalue weighted by atomic mass is 9.71. The summed E-state index contributed by atoms with van der Waals surface area (Å²) in [6, 6.07) is -0.0420. The van der Waals surface area contributed by atoms with Crippen molar-refractivity contribution in [1.29, 1.82) is 0 Å². The molecule has 110 valence electrons. The first kappa shape index (κ1) is 14.8. The molecule has 2 atom stereocenters. The van der Waals surface area contributed by atoms with Gasteiger partial charge in [-0.2, -0.15) is 0 Å². The Kier molecular flexibility index (Phi) is 5.22. The van der Waals surface area contributed by atoms with Crippen molar-refractivity contribution in [3.8, 4) is 0 Å². The zero-order valence-corrected chi connectivity index (χ0v) is 11.9. The van der Waals surface area contributed by atoms with Gasteiger partial charge in [0.2, 0.25) is 5.91 Å². The molecule has 1 amide bonds. The van der Waals surface area contributed by atoms with E-state index in [1.165, 1.54) is 19.3 Å². The summed E-state index contributed by atoms with van der Waals surface area (Å²) in [7, 11) is 0. The topological polar surface area (TPSA) is 75.4 Å². The third-order valence-electron chi connectivity index (χ3n) is 4.96. The molecule has 0 spiro atoms. The van der Waals surface area contributed by atoms with Crippen LogP contribution in [0.15, 0.2) is 0 Å². The van der Waals surface area contributed by atoms with E-state index in [-0.39, 0.29) is 23.5 Å². The number of hydrogen-bond donors (Lipinski definition) is 3. The van der Waals surface area contributed by atoms with E-state index in [4.69, 9.17) is 5.73 Å². The van der Waals surface area contributed by atoms with Crippen LogP contribution in [0.3, 0.4) is 0 Å². The molecule has 4 N–H and O–H groups in total. The molecule has 0 saturated heterocycles. The van der Waals surface area contributed by atoms with Gasteiger partial charge in [-0.25, -0.2) is 0 Å². The smallest absolute Gasteiger partial charge is 0.220 e. The van der Waals surface area contributed by atoms with E-state index in [1.54, 1.807) is 0 Å². The third-order valence-corrected chi connectivity index (χ3v) is 4.96. The van der Waals surface area contributed by atoms with E-state index < -0.39 is 0 Å². The van der Waals surface area contributed by atoms with Gasteiger partial charge in [-0.05, 0) is 37.6 Å². The lowest BCUT2D eigenvalue weighted by Gasteiger charge is -2.36. The number of carbonyl (C=O) groups excluding carboxylic acids is 1. The first-order chi connectivity index (χ1) is 9.15. The van der Waals surface area contributed by atoms with Crippen LogP contribution in [0.5, 0.6) is 0 Å². The Balaban J connectivity index is 1.85. The van der Waals surface area contributed by atoms with Crippen molar-refractivity contribution in [2.45, 2.75) is 76.4 Å². The Bertz CT molecular complexity index is 301. The quantitative estimate of drug-likeness (QED) is 0.726. The summed E-state index contributed by atoms with van der Waals surface area (Å²) in [6.07, 6.45) is 9.86. The first-order valence-electron chi connectivity index (χ1n) is 7.83. The van der Waals surface area contributed by atoms with Crippen molar-refractivity contribution in [1.82, 2.24) is 5.32 Å². The fourth-order valence-corrected chi connectivity index (χ4v) is 3.63. The van der Waals surface area contributed by atoms with E-state index in [1.807, 2.05) is 0 Å². The van der Waals surface area contributed by atoms with Crippen LogP contribution in [0, 0.1) is 5.41 Å². The molecule has 0 aromatic carbocycles. The molecular formula is C15H28N2O2. The van der Waals surface area contributed by atoms with Crippen LogP contribution >= 0.6 is 0 Å². The maximum Gasteiger partial charge on any atom is 0.220 e. The Morgan fingerprint density at radius 1 is 1.16 bits per heavy atom. The average molecular weight is 268 g/mol. The second-order valence-corrected chi connectivity index (χ2v) is 6.47. The summed E-state index contributed by atoms with van der Waals surface area (Å²) in [5.41, 5.74) is 5.93. The molecule has 4 heteroatoms. The molecule has 2 aliphatic carbocycles. The van der Waals surface area contributed by atoms with Crippen LogP contribution in [0.4, 0.5) is 0 Å². The lowest BCUT2D eigenvalue weighted by molar-refractivity contribution is -0.125. The van der Waals surface area contributed by atoms with Crippen LogP contribution in [-0.4, -0.2) is 29.7 Å². The Morgan fingerprint density at radius 2 is 1.84 bits per heavy atom. The summed E-state index contributed by atoms with van der Waals surface area (Å²) in [6.45, 7) is 0.605. The molecule has 0 aliphatic heterocycles. The minimum atomic E-state index is -0.363. The highest BCUT2D eigenvalue weighted by Gasteiger charge is 2.34. The third kappa shape index (κ3) is 3.93. The summed E-state index contributed by atoms with van der Waals surface area (Å²) in [5, 5.41) is 12.9. The lowest BCUT2D eigenvalue weighted by Crippen LogP contribution is -2.47. The van der Waals surface area contributed by atoms with E-state index in [2.05, 4.69) is 5.32 Å². The number of rotatable bonds is 4. The van der Waals surface area contributed by atoms with Crippen molar-refractivity contribution in [2.75, 3.05) is 6.54 Å². The molecule has 2 fully saturated rings. The van der Waals surface area contributed by atoms with Crippen molar-refractivity contribution < 1.29 is 9.90 Å². The van der Waals surface area contributed by atoms with Gasteiger partial charge in [0.15, 0.2) is 0 Å². The minimum Gasteiger partial charge on any atom is -0.391 e. The molecule has 4 nitrogen and oxygen atoms in total. The number of nitrogens with two attached hydrogens (primary N) is 1. The molecule has 0 aromatic rings. The maximum absolute atomic E-state index is 12.2. The SMILES string of the molecule is NCC1(CC(=O)N[C@@H]2CCCC[C@H]2O)CCCCC1. The van der Waals surface area contributed by atoms with Gasteiger partial charge < -0.3 is 16.2 Å². The van der Waals surface area contributed by atoms with E-state index in [0.717, 1.165) is 38.5 Å². The van der Waals surface area contributed by atoms with Gasteiger partial charge in [-0.1, -0.05) is 32.1 Å². The number of aliphatic hydroxyl groups is 1. The number of amides is 1. The summed E-state index contributed by atoms with van der Waals surface area (Å²) in [4.78, 5) is 12.2. The van der Waals surface area contributed by atoms with Gasteiger partial charge in [0, 0.05) is 6.42 Å². The van der Waals surface area contributed by atoms with Crippen molar-refractivity contribution in [3.05, 3.63) is 0 Å². The fraction of sp³-hybridized carbons (Fsp3) is 0.933. The molecule has 2 saturated carbocycles. The van der Waals surface area contributed by atoms with Gasteiger partial charge >= 0.3 is 0 Å². The normalized spacial score (nSPS) is 30.8. The second-order valence-electron chi connectivity index (χ2n) is 6.47. The molecule has 0 radical (unpaired) electrons. The summed E-state index contributed by atoms with van der Waals surface area (Å²) >= 11 is 0. The van der Waals surface area contributed by atoms with Gasteiger partial charge in [-0.15, -0.1) is 0 Å². The van der Waals surface area contributed by atoms with Crippen LogP contribution in [0.1, 0.15) is 64.2 Å². The predicted molar refractivity (Wildman–Crippen MR) is 75.6 cm³/mol. The van der Waals surface area contributed by atoms with Gasteiger partial charge in [0.05, 0.1) is 12.1 Å². The zero-order chi connectivity index (χ0) is 13.7. The molecule has 2 rings (SSSR count). The van der Waals surface area contributed by atoms with Gasteiger partial charge in [0.1, 0.15) is 0 Å². The Labute approximate surface area is 116 Å². The van der Waals surface area contributed by atoms with E-state index >= 15 is 0 Å². The maximum atomic E-state index is 12.2. The van der Waals surface area contributed by atoms with E-state index in [0.29, 0.717) is 13.0 Å². The monoisotopic (exact) mass is 268 g/mol. The largest absolute Gasteiger partial charge is 0.391 e. The zero-order valence-electron chi connectivity index (χ0n) is 11.9. The molecule has 2 aliphatic rings. The number of hydrogen-bond acceptors (Lipinski definition) is 3. The molecule has 19 heavy (non-hydrogen) atoms. The number of aliphatic hydroxyl groups excluding tert-OH is 1. The van der Waals surface area contributed by atoms with Crippen LogP contribution in [-0.2, 0) is 4.79 Å². The van der Waals surface area contributed by atoms with Gasteiger partial charge in [0.25, 0.3) is 0 Å². The summed E-state index contributed by atoms with van der Waals surface area (Å²) < 4.78 is 0. The van der Waals surface area contributed by atoms with Crippen molar-refractivity contribution in [3.63, 3.8) is 0 Å². The summed E-state index contributed by atoms with van der Waals surface area (Å²) in [5.74, 6) is 0.0818. The van der Waals surface area contributed by atoms with E-state index in [9.17, 15) is 9.90 Å². The highest BCUT2D eigenvalue weighted by molar-refractivity contribution is 5.77. The molecule has 0 aromatic heterocycles. The number of carbonyl (C=O) groups is 1. The van der Waals surface area contributed by atoms with Gasteiger partial charge in [-0.3, -0.25) is 4.79 Å². The minimum absolute atomic E-state index is 0.0158. The highest BCUT2D eigenvalue weighted by Crippen LogP contribution is 2.38. The average Bonchev–Trinajstić information content (AvgIpc) is 2.42. The Morgan fingerprint density at radius 3 is 2.47 bits per heavy atom.